The molecule has 0 saturated carbocycles. The van der Waals surface area contributed by atoms with Gasteiger partial charge in [0.1, 0.15) is 0 Å². The van der Waals surface area contributed by atoms with Gasteiger partial charge < -0.3 is 5.32 Å². The summed E-state index contributed by atoms with van der Waals surface area (Å²) in [5.41, 5.74) is 0.955. The summed E-state index contributed by atoms with van der Waals surface area (Å²) in [6.07, 6.45) is 1.68. The first-order valence-electron chi connectivity index (χ1n) is 6.30. The predicted molar refractivity (Wildman–Crippen MR) is 72.0 cm³/mol. The molecule has 18 heavy (non-hydrogen) atoms. The van der Waals surface area contributed by atoms with Gasteiger partial charge in [-0.1, -0.05) is 12.1 Å². The van der Waals surface area contributed by atoms with E-state index in [1.54, 1.807) is 18.2 Å². The van der Waals surface area contributed by atoms with Crippen molar-refractivity contribution in [3.63, 3.8) is 0 Å². The van der Waals surface area contributed by atoms with Crippen LogP contribution in [-0.2, 0) is 10.0 Å². The Balaban J connectivity index is 2.12. The minimum atomic E-state index is -3.38. The number of piperidine rings is 1. The summed E-state index contributed by atoms with van der Waals surface area (Å²) in [6.45, 7) is 4.83. The van der Waals surface area contributed by atoms with Crippen molar-refractivity contribution in [2.24, 2.45) is 0 Å². The fourth-order valence-corrected chi connectivity index (χ4v) is 3.70. The smallest absolute Gasteiger partial charge is 0.240 e. The molecule has 2 rings (SSSR count). The lowest BCUT2D eigenvalue weighted by Crippen LogP contribution is -2.46. The Bertz CT molecular complexity index is 513. The summed E-state index contributed by atoms with van der Waals surface area (Å²) in [5, 5.41) is 3.31. The molecule has 0 spiro atoms. The van der Waals surface area contributed by atoms with Gasteiger partial charge in [0.15, 0.2) is 0 Å². The Morgan fingerprint density at radius 2 is 2.17 bits per heavy atom. The number of rotatable bonds is 3. The molecule has 1 heterocycles. The SMILES string of the molecule is Cc1cccc(S(=O)(=O)NC2CCNC(C)C2)c1. The lowest BCUT2D eigenvalue weighted by molar-refractivity contribution is 0.361. The van der Waals surface area contributed by atoms with Crippen molar-refractivity contribution in [1.82, 2.24) is 10.0 Å². The molecular formula is C13H20N2O2S. The van der Waals surface area contributed by atoms with Crippen LogP contribution >= 0.6 is 0 Å². The van der Waals surface area contributed by atoms with E-state index < -0.39 is 10.0 Å². The molecule has 2 unspecified atom stereocenters. The quantitative estimate of drug-likeness (QED) is 0.871. The van der Waals surface area contributed by atoms with Gasteiger partial charge in [-0.25, -0.2) is 13.1 Å². The molecule has 4 nitrogen and oxygen atoms in total. The first kappa shape index (κ1) is 13.5. The highest BCUT2D eigenvalue weighted by Crippen LogP contribution is 2.15. The summed E-state index contributed by atoms with van der Waals surface area (Å²) in [7, 11) is -3.38. The number of hydrogen-bond donors (Lipinski definition) is 2. The minimum absolute atomic E-state index is 0.0340. The van der Waals surface area contributed by atoms with Crippen molar-refractivity contribution in [2.45, 2.75) is 43.7 Å². The van der Waals surface area contributed by atoms with Gasteiger partial charge in [0.25, 0.3) is 0 Å². The van der Waals surface area contributed by atoms with Crippen LogP contribution in [0.5, 0.6) is 0 Å². The highest BCUT2D eigenvalue weighted by molar-refractivity contribution is 7.89. The Hall–Kier alpha value is -0.910. The topological polar surface area (TPSA) is 58.2 Å². The van der Waals surface area contributed by atoms with E-state index in [2.05, 4.69) is 17.0 Å². The normalized spacial score (nSPS) is 25.0. The molecule has 0 radical (unpaired) electrons. The monoisotopic (exact) mass is 268 g/mol. The van der Waals surface area contributed by atoms with Crippen LogP contribution in [0, 0.1) is 6.92 Å². The number of aryl methyl sites for hydroxylation is 1. The third kappa shape index (κ3) is 3.31. The van der Waals surface area contributed by atoms with Crippen molar-refractivity contribution in [1.29, 1.82) is 0 Å². The van der Waals surface area contributed by atoms with Gasteiger partial charge in [0.2, 0.25) is 10.0 Å². The van der Waals surface area contributed by atoms with E-state index in [0.29, 0.717) is 10.9 Å². The minimum Gasteiger partial charge on any atom is -0.314 e. The second-order valence-electron chi connectivity index (χ2n) is 5.01. The van der Waals surface area contributed by atoms with Gasteiger partial charge >= 0.3 is 0 Å². The van der Waals surface area contributed by atoms with Gasteiger partial charge in [-0.2, -0.15) is 0 Å². The molecule has 2 atom stereocenters. The Morgan fingerprint density at radius 3 is 2.83 bits per heavy atom. The summed E-state index contributed by atoms with van der Waals surface area (Å²) in [4.78, 5) is 0.355. The molecule has 0 bridgehead atoms. The van der Waals surface area contributed by atoms with Crippen LogP contribution in [-0.4, -0.2) is 27.0 Å². The van der Waals surface area contributed by atoms with Crippen LogP contribution in [0.2, 0.25) is 0 Å². The van der Waals surface area contributed by atoms with Crippen LogP contribution in [0.4, 0.5) is 0 Å². The maximum absolute atomic E-state index is 12.2. The van der Waals surface area contributed by atoms with E-state index in [0.717, 1.165) is 24.9 Å². The van der Waals surface area contributed by atoms with Gasteiger partial charge in [-0.05, 0) is 50.9 Å². The largest absolute Gasteiger partial charge is 0.314 e. The number of sulfonamides is 1. The molecule has 1 aromatic rings. The molecule has 100 valence electrons. The van der Waals surface area contributed by atoms with Crippen molar-refractivity contribution in [3.05, 3.63) is 29.8 Å². The molecular weight excluding hydrogens is 248 g/mol. The van der Waals surface area contributed by atoms with Crippen molar-refractivity contribution < 1.29 is 8.42 Å². The first-order chi connectivity index (χ1) is 8.47. The van der Waals surface area contributed by atoms with Gasteiger partial charge in [-0.15, -0.1) is 0 Å². The molecule has 1 fully saturated rings. The van der Waals surface area contributed by atoms with E-state index in [1.807, 2.05) is 13.0 Å². The van der Waals surface area contributed by atoms with Crippen molar-refractivity contribution >= 4 is 10.0 Å². The maximum atomic E-state index is 12.2. The lowest BCUT2D eigenvalue weighted by atomic mass is 10.0. The van der Waals surface area contributed by atoms with Crippen molar-refractivity contribution in [2.75, 3.05) is 6.54 Å². The van der Waals surface area contributed by atoms with E-state index in [1.165, 1.54) is 0 Å². The van der Waals surface area contributed by atoms with Crippen LogP contribution < -0.4 is 10.0 Å². The molecule has 0 aliphatic carbocycles. The molecule has 0 amide bonds. The lowest BCUT2D eigenvalue weighted by Gasteiger charge is -2.28. The summed E-state index contributed by atoms with van der Waals surface area (Å²) in [5.74, 6) is 0. The van der Waals surface area contributed by atoms with Crippen LogP contribution in [0.15, 0.2) is 29.2 Å². The van der Waals surface area contributed by atoms with Gasteiger partial charge in [0.05, 0.1) is 4.90 Å². The predicted octanol–water partition coefficient (Wildman–Crippen LogP) is 1.41. The zero-order valence-corrected chi connectivity index (χ0v) is 11.6. The fourth-order valence-electron chi connectivity index (χ4n) is 2.31. The second kappa shape index (κ2) is 5.38. The number of nitrogens with one attached hydrogen (secondary N) is 2. The van der Waals surface area contributed by atoms with Crippen LogP contribution in [0.1, 0.15) is 25.3 Å². The molecule has 0 aromatic heterocycles. The van der Waals surface area contributed by atoms with E-state index in [-0.39, 0.29) is 6.04 Å². The van der Waals surface area contributed by atoms with E-state index in [4.69, 9.17) is 0 Å². The average Bonchev–Trinajstić information content (AvgIpc) is 2.28. The third-order valence-electron chi connectivity index (χ3n) is 3.25. The highest BCUT2D eigenvalue weighted by atomic mass is 32.2. The average molecular weight is 268 g/mol. The van der Waals surface area contributed by atoms with Crippen molar-refractivity contribution in [3.8, 4) is 0 Å². The molecule has 1 aliphatic rings. The summed E-state index contributed by atoms with van der Waals surface area (Å²) in [6, 6.07) is 7.41. The highest BCUT2D eigenvalue weighted by Gasteiger charge is 2.24. The summed E-state index contributed by atoms with van der Waals surface area (Å²) < 4.78 is 27.3. The summed E-state index contributed by atoms with van der Waals surface area (Å²) >= 11 is 0. The zero-order valence-electron chi connectivity index (χ0n) is 10.8. The second-order valence-corrected chi connectivity index (χ2v) is 6.73. The maximum Gasteiger partial charge on any atom is 0.240 e. The third-order valence-corrected chi connectivity index (χ3v) is 4.76. The Kier molecular flexibility index (Phi) is 4.04. The standard InChI is InChI=1S/C13H20N2O2S/c1-10-4-3-5-13(8-10)18(16,17)15-12-6-7-14-11(2)9-12/h3-5,8,11-12,14-15H,6-7,9H2,1-2H3. The van der Waals surface area contributed by atoms with E-state index in [9.17, 15) is 8.42 Å². The first-order valence-corrected chi connectivity index (χ1v) is 7.78. The molecule has 5 heteroatoms. The number of hydrogen-bond acceptors (Lipinski definition) is 3. The Labute approximate surface area is 109 Å². The fraction of sp³-hybridized carbons (Fsp3) is 0.538. The number of benzene rings is 1. The molecule has 1 saturated heterocycles. The van der Waals surface area contributed by atoms with Gasteiger partial charge in [-0.3, -0.25) is 0 Å². The molecule has 1 aromatic carbocycles. The van der Waals surface area contributed by atoms with Crippen LogP contribution in [0.25, 0.3) is 0 Å². The van der Waals surface area contributed by atoms with Gasteiger partial charge in [0, 0.05) is 12.1 Å². The molecule has 2 N–H and O–H groups in total. The Morgan fingerprint density at radius 1 is 1.39 bits per heavy atom. The van der Waals surface area contributed by atoms with E-state index >= 15 is 0 Å². The van der Waals surface area contributed by atoms with Crippen LogP contribution in [0.3, 0.4) is 0 Å². The molecule has 1 aliphatic heterocycles. The zero-order chi connectivity index (χ0) is 13.2.